The summed E-state index contributed by atoms with van der Waals surface area (Å²) in [6, 6.07) is 9.72. The van der Waals surface area contributed by atoms with Crippen molar-refractivity contribution >= 4 is 11.6 Å². The van der Waals surface area contributed by atoms with Crippen LogP contribution in [0.1, 0.15) is 6.42 Å². The lowest BCUT2D eigenvalue weighted by molar-refractivity contribution is -0.119. The van der Waals surface area contributed by atoms with Crippen molar-refractivity contribution in [2.24, 2.45) is 5.92 Å². The Labute approximate surface area is 101 Å². The zero-order valence-electron chi connectivity index (χ0n) is 9.82. The summed E-state index contributed by atoms with van der Waals surface area (Å²) in [5.41, 5.74) is 0.965. The average Bonchev–Trinajstić information content (AvgIpc) is 2.88. The van der Waals surface area contributed by atoms with Crippen LogP contribution in [0.2, 0.25) is 0 Å². The van der Waals surface area contributed by atoms with Crippen LogP contribution in [0, 0.1) is 5.92 Å². The molecule has 0 radical (unpaired) electrons. The Bertz CT molecular complexity index is 348. The number of carbonyl (C=O) groups excluding carboxylic acids is 1. The molecular formula is C13H18N2O2. The predicted octanol–water partition coefficient (Wildman–Crippen LogP) is 1.25. The maximum absolute atomic E-state index is 11.6. The van der Waals surface area contributed by atoms with E-state index in [1.54, 1.807) is 0 Å². The number of carbonyl (C=O) groups is 1. The van der Waals surface area contributed by atoms with Gasteiger partial charge in [0.15, 0.2) is 0 Å². The molecule has 1 heterocycles. The number of amides is 1. The van der Waals surface area contributed by atoms with E-state index in [-0.39, 0.29) is 5.91 Å². The van der Waals surface area contributed by atoms with Gasteiger partial charge >= 0.3 is 0 Å². The predicted molar refractivity (Wildman–Crippen MR) is 66.9 cm³/mol. The average molecular weight is 234 g/mol. The molecule has 1 aliphatic heterocycles. The third-order valence-corrected chi connectivity index (χ3v) is 2.84. The van der Waals surface area contributed by atoms with Gasteiger partial charge in [-0.1, -0.05) is 18.2 Å². The van der Waals surface area contributed by atoms with Crippen molar-refractivity contribution < 1.29 is 9.53 Å². The third kappa shape index (κ3) is 4.07. The SMILES string of the molecule is O=C(CNc1ccccc1)NCC1CCOC1. The zero-order chi connectivity index (χ0) is 11.9. The van der Waals surface area contributed by atoms with E-state index in [2.05, 4.69) is 10.6 Å². The second-order valence-electron chi connectivity index (χ2n) is 4.25. The van der Waals surface area contributed by atoms with Gasteiger partial charge in [-0.3, -0.25) is 4.79 Å². The van der Waals surface area contributed by atoms with Crippen LogP contribution in [0.3, 0.4) is 0 Å². The number of nitrogens with one attached hydrogen (secondary N) is 2. The van der Waals surface area contributed by atoms with E-state index in [9.17, 15) is 4.79 Å². The molecule has 0 saturated carbocycles. The summed E-state index contributed by atoms with van der Waals surface area (Å²) in [5.74, 6) is 0.511. The molecule has 1 aromatic carbocycles. The molecule has 1 fully saturated rings. The molecule has 4 heteroatoms. The summed E-state index contributed by atoms with van der Waals surface area (Å²) < 4.78 is 5.25. The Morgan fingerprint density at radius 2 is 2.18 bits per heavy atom. The van der Waals surface area contributed by atoms with Crippen LogP contribution < -0.4 is 10.6 Å². The van der Waals surface area contributed by atoms with E-state index in [1.807, 2.05) is 30.3 Å². The number of benzene rings is 1. The molecule has 1 amide bonds. The molecule has 1 unspecified atom stereocenters. The molecule has 2 N–H and O–H groups in total. The first-order valence-corrected chi connectivity index (χ1v) is 5.98. The quantitative estimate of drug-likeness (QED) is 0.806. The second kappa shape index (κ2) is 6.25. The van der Waals surface area contributed by atoms with E-state index in [0.29, 0.717) is 12.5 Å². The Morgan fingerprint density at radius 1 is 1.35 bits per heavy atom. The topological polar surface area (TPSA) is 50.4 Å². The summed E-state index contributed by atoms with van der Waals surface area (Å²) in [5, 5.41) is 5.99. The second-order valence-corrected chi connectivity index (χ2v) is 4.25. The largest absolute Gasteiger partial charge is 0.381 e. The Kier molecular flexibility index (Phi) is 4.38. The summed E-state index contributed by atoms with van der Waals surface area (Å²) >= 11 is 0. The summed E-state index contributed by atoms with van der Waals surface area (Å²) in [6.07, 6.45) is 1.05. The van der Waals surface area contributed by atoms with E-state index in [0.717, 1.165) is 31.9 Å². The molecular weight excluding hydrogens is 216 g/mol. The van der Waals surface area contributed by atoms with Crippen LogP contribution in [-0.4, -0.2) is 32.2 Å². The Balaban J connectivity index is 1.64. The smallest absolute Gasteiger partial charge is 0.239 e. The van der Waals surface area contributed by atoms with Gasteiger partial charge in [-0.2, -0.15) is 0 Å². The summed E-state index contributed by atoms with van der Waals surface area (Å²) in [7, 11) is 0. The van der Waals surface area contributed by atoms with Crippen molar-refractivity contribution in [2.75, 3.05) is 31.6 Å². The van der Waals surface area contributed by atoms with Crippen molar-refractivity contribution in [1.82, 2.24) is 5.32 Å². The highest BCUT2D eigenvalue weighted by atomic mass is 16.5. The highest BCUT2D eigenvalue weighted by molar-refractivity contribution is 5.80. The number of anilines is 1. The van der Waals surface area contributed by atoms with Gasteiger partial charge in [0.05, 0.1) is 13.2 Å². The van der Waals surface area contributed by atoms with Crippen LogP contribution in [0.15, 0.2) is 30.3 Å². The highest BCUT2D eigenvalue weighted by Crippen LogP contribution is 2.10. The molecule has 1 aliphatic rings. The van der Waals surface area contributed by atoms with Gasteiger partial charge in [0.2, 0.25) is 5.91 Å². The lowest BCUT2D eigenvalue weighted by atomic mass is 10.1. The number of hydrogen-bond donors (Lipinski definition) is 2. The molecule has 2 rings (SSSR count). The van der Waals surface area contributed by atoms with Gasteiger partial charge < -0.3 is 15.4 Å². The molecule has 1 saturated heterocycles. The van der Waals surface area contributed by atoms with Crippen molar-refractivity contribution in [3.05, 3.63) is 30.3 Å². The molecule has 1 atom stereocenters. The highest BCUT2D eigenvalue weighted by Gasteiger charge is 2.15. The molecule has 92 valence electrons. The number of hydrogen-bond acceptors (Lipinski definition) is 3. The molecule has 4 nitrogen and oxygen atoms in total. The lowest BCUT2D eigenvalue weighted by Gasteiger charge is -2.10. The fourth-order valence-corrected chi connectivity index (χ4v) is 1.80. The number of para-hydroxylation sites is 1. The summed E-state index contributed by atoms with van der Waals surface area (Å²) in [6.45, 7) is 2.63. The van der Waals surface area contributed by atoms with Gasteiger partial charge in [-0.05, 0) is 18.6 Å². The Hall–Kier alpha value is -1.55. The number of ether oxygens (including phenoxy) is 1. The molecule has 1 aromatic rings. The minimum atomic E-state index is 0.0285. The van der Waals surface area contributed by atoms with Gasteiger partial charge in [0, 0.05) is 24.8 Å². The van der Waals surface area contributed by atoms with Crippen LogP contribution in [0.5, 0.6) is 0 Å². The van der Waals surface area contributed by atoms with E-state index < -0.39 is 0 Å². The Morgan fingerprint density at radius 3 is 2.88 bits per heavy atom. The minimum absolute atomic E-state index is 0.0285. The third-order valence-electron chi connectivity index (χ3n) is 2.84. The first-order valence-electron chi connectivity index (χ1n) is 5.98. The van der Waals surface area contributed by atoms with Crippen molar-refractivity contribution in [3.8, 4) is 0 Å². The molecule has 17 heavy (non-hydrogen) atoms. The first kappa shape index (κ1) is 11.9. The maximum atomic E-state index is 11.6. The maximum Gasteiger partial charge on any atom is 0.239 e. The fraction of sp³-hybridized carbons (Fsp3) is 0.462. The van der Waals surface area contributed by atoms with Gasteiger partial charge in [-0.15, -0.1) is 0 Å². The fourth-order valence-electron chi connectivity index (χ4n) is 1.80. The zero-order valence-corrected chi connectivity index (χ0v) is 9.82. The number of rotatable bonds is 5. The minimum Gasteiger partial charge on any atom is -0.381 e. The van der Waals surface area contributed by atoms with E-state index >= 15 is 0 Å². The van der Waals surface area contributed by atoms with Gasteiger partial charge in [0.1, 0.15) is 0 Å². The molecule has 0 bridgehead atoms. The monoisotopic (exact) mass is 234 g/mol. The molecule has 0 aliphatic carbocycles. The van der Waals surface area contributed by atoms with Gasteiger partial charge in [-0.25, -0.2) is 0 Å². The molecule has 0 aromatic heterocycles. The molecule has 0 spiro atoms. The van der Waals surface area contributed by atoms with Gasteiger partial charge in [0.25, 0.3) is 0 Å². The van der Waals surface area contributed by atoms with Crippen LogP contribution in [-0.2, 0) is 9.53 Å². The van der Waals surface area contributed by atoms with E-state index in [1.165, 1.54) is 0 Å². The van der Waals surface area contributed by atoms with Crippen molar-refractivity contribution in [2.45, 2.75) is 6.42 Å². The first-order chi connectivity index (χ1) is 8.34. The van der Waals surface area contributed by atoms with Crippen LogP contribution in [0.25, 0.3) is 0 Å². The lowest BCUT2D eigenvalue weighted by Crippen LogP contribution is -2.33. The van der Waals surface area contributed by atoms with Crippen molar-refractivity contribution in [1.29, 1.82) is 0 Å². The van der Waals surface area contributed by atoms with Crippen molar-refractivity contribution in [3.63, 3.8) is 0 Å². The normalized spacial score (nSPS) is 18.9. The van der Waals surface area contributed by atoms with Crippen LogP contribution in [0.4, 0.5) is 5.69 Å². The standard InChI is InChI=1S/C13H18N2O2/c16-13(15-8-11-6-7-17-10-11)9-14-12-4-2-1-3-5-12/h1-5,11,14H,6-10H2,(H,15,16). The van der Waals surface area contributed by atoms with E-state index in [4.69, 9.17) is 4.74 Å². The van der Waals surface area contributed by atoms with Crippen LogP contribution >= 0.6 is 0 Å². The summed E-state index contributed by atoms with van der Waals surface area (Å²) in [4.78, 5) is 11.6.